The quantitative estimate of drug-likeness (QED) is 0.794. The molecule has 108 valence electrons. The second-order valence-corrected chi connectivity index (χ2v) is 6.29. The number of rotatable bonds is 3. The van der Waals surface area contributed by atoms with Gasteiger partial charge in [0.25, 0.3) is 0 Å². The number of hydrogen-bond donors (Lipinski definition) is 3. The van der Waals surface area contributed by atoms with Crippen molar-refractivity contribution in [3.8, 4) is 0 Å². The molecule has 5 nitrogen and oxygen atoms in total. The predicted octanol–water partition coefficient (Wildman–Crippen LogP) is 2.72. The molecule has 1 aliphatic rings. The highest BCUT2D eigenvalue weighted by atomic mass is 16.4. The van der Waals surface area contributed by atoms with E-state index >= 15 is 0 Å². The lowest BCUT2D eigenvalue weighted by Crippen LogP contribution is -2.43. The van der Waals surface area contributed by atoms with Gasteiger partial charge in [-0.15, -0.1) is 0 Å². The minimum atomic E-state index is -0.774. The average molecular weight is 276 g/mol. The molecule has 1 aromatic carbocycles. The number of nitrogens with one attached hydrogen (secondary N) is 2. The Bertz CT molecular complexity index is 525. The standard InChI is InChI=1S/C15H20N2O3/c1-14(2,3)17-13(20)16-11-6-4-10(5-7-11)15(8-9-15)12(18)19/h4-7H,8-9H2,1-3H3,(H,18,19)(H2,16,17,20). The third-order valence-electron chi connectivity index (χ3n) is 3.34. The number of anilines is 1. The topological polar surface area (TPSA) is 78.4 Å². The van der Waals surface area contributed by atoms with Crippen molar-refractivity contribution < 1.29 is 14.7 Å². The van der Waals surface area contributed by atoms with Gasteiger partial charge >= 0.3 is 12.0 Å². The lowest BCUT2D eigenvalue weighted by atomic mass is 9.96. The van der Waals surface area contributed by atoms with Gasteiger partial charge in [0.2, 0.25) is 0 Å². The van der Waals surface area contributed by atoms with E-state index in [4.69, 9.17) is 0 Å². The van der Waals surface area contributed by atoms with Crippen LogP contribution in [0.3, 0.4) is 0 Å². The Kier molecular flexibility index (Phi) is 3.46. The number of aliphatic carboxylic acids is 1. The summed E-state index contributed by atoms with van der Waals surface area (Å²) in [6.07, 6.45) is 1.36. The first kappa shape index (κ1) is 14.4. The summed E-state index contributed by atoms with van der Waals surface area (Å²) in [5.41, 5.74) is 0.445. The third kappa shape index (κ3) is 3.10. The molecular formula is C15H20N2O3. The van der Waals surface area contributed by atoms with Gasteiger partial charge in [-0.1, -0.05) is 12.1 Å². The van der Waals surface area contributed by atoms with Crippen LogP contribution >= 0.6 is 0 Å². The van der Waals surface area contributed by atoms with Crippen LogP contribution in [-0.4, -0.2) is 22.6 Å². The van der Waals surface area contributed by atoms with E-state index in [2.05, 4.69) is 10.6 Å². The highest BCUT2D eigenvalue weighted by molar-refractivity contribution is 5.90. The summed E-state index contributed by atoms with van der Waals surface area (Å²) >= 11 is 0. The average Bonchev–Trinajstić information content (AvgIpc) is 3.08. The second kappa shape index (κ2) is 4.81. The molecule has 2 amide bonds. The van der Waals surface area contributed by atoms with Crippen molar-refractivity contribution in [2.24, 2.45) is 0 Å². The smallest absolute Gasteiger partial charge is 0.319 e. The fourth-order valence-electron chi connectivity index (χ4n) is 2.13. The summed E-state index contributed by atoms with van der Waals surface area (Å²) in [6.45, 7) is 5.71. The van der Waals surface area contributed by atoms with E-state index < -0.39 is 11.4 Å². The van der Waals surface area contributed by atoms with Crippen LogP contribution in [0.15, 0.2) is 24.3 Å². The first-order valence-electron chi connectivity index (χ1n) is 6.66. The molecule has 1 aliphatic carbocycles. The third-order valence-corrected chi connectivity index (χ3v) is 3.34. The van der Waals surface area contributed by atoms with E-state index in [1.165, 1.54) is 0 Å². The first-order chi connectivity index (χ1) is 9.23. The first-order valence-corrected chi connectivity index (χ1v) is 6.66. The van der Waals surface area contributed by atoms with E-state index in [-0.39, 0.29) is 11.6 Å². The van der Waals surface area contributed by atoms with Gasteiger partial charge in [-0.05, 0) is 51.3 Å². The van der Waals surface area contributed by atoms with Crippen LogP contribution < -0.4 is 10.6 Å². The fourth-order valence-corrected chi connectivity index (χ4v) is 2.13. The molecule has 0 saturated heterocycles. The van der Waals surface area contributed by atoms with Crippen molar-refractivity contribution in [1.29, 1.82) is 0 Å². The number of amides is 2. The molecule has 0 spiro atoms. The van der Waals surface area contributed by atoms with Crippen LogP contribution in [0.2, 0.25) is 0 Å². The van der Waals surface area contributed by atoms with Gasteiger partial charge in [-0.2, -0.15) is 0 Å². The van der Waals surface area contributed by atoms with Crippen molar-refractivity contribution >= 4 is 17.7 Å². The van der Waals surface area contributed by atoms with E-state index in [1.54, 1.807) is 24.3 Å². The molecule has 0 radical (unpaired) electrons. The van der Waals surface area contributed by atoms with Gasteiger partial charge in [0, 0.05) is 11.2 Å². The Balaban J connectivity index is 2.03. The zero-order valence-electron chi connectivity index (χ0n) is 12.0. The number of carboxylic acids is 1. The van der Waals surface area contributed by atoms with Gasteiger partial charge in [0.15, 0.2) is 0 Å². The van der Waals surface area contributed by atoms with Crippen LogP contribution in [-0.2, 0) is 10.2 Å². The maximum absolute atomic E-state index is 11.7. The Hall–Kier alpha value is -2.04. The number of hydrogen-bond acceptors (Lipinski definition) is 2. The highest BCUT2D eigenvalue weighted by Crippen LogP contribution is 2.48. The molecule has 1 fully saturated rings. The van der Waals surface area contributed by atoms with Gasteiger partial charge in [-0.3, -0.25) is 4.79 Å². The minimum absolute atomic E-state index is 0.274. The van der Waals surface area contributed by atoms with Crippen LogP contribution in [0.1, 0.15) is 39.2 Å². The Labute approximate surface area is 118 Å². The summed E-state index contributed by atoms with van der Waals surface area (Å²) in [6, 6.07) is 6.74. The Morgan fingerprint density at radius 2 is 1.70 bits per heavy atom. The van der Waals surface area contributed by atoms with E-state index in [0.717, 1.165) is 5.56 Å². The van der Waals surface area contributed by atoms with Crippen molar-refractivity contribution in [2.45, 2.75) is 44.6 Å². The predicted molar refractivity (Wildman–Crippen MR) is 76.9 cm³/mol. The Morgan fingerprint density at radius 3 is 2.10 bits per heavy atom. The largest absolute Gasteiger partial charge is 0.481 e. The summed E-state index contributed by atoms with van der Waals surface area (Å²) in [5.74, 6) is -0.774. The number of carbonyl (C=O) groups excluding carboxylic acids is 1. The number of carboxylic acid groups (broad SMARTS) is 1. The van der Waals surface area contributed by atoms with Crippen LogP contribution in [0.5, 0.6) is 0 Å². The molecule has 0 atom stereocenters. The minimum Gasteiger partial charge on any atom is -0.481 e. The monoisotopic (exact) mass is 276 g/mol. The zero-order valence-corrected chi connectivity index (χ0v) is 12.0. The van der Waals surface area contributed by atoms with Crippen LogP contribution in [0.4, 0.5) is 10.5 Å². The van der Waals surface area contributed by atoms with Gasteiger partial charge in [0.1, 0.15) is 0 Å². The molecule has 20 heavy (non-hydrogen) atoms. The van der Waals surface area contributed by atoms with Crippen LogP contribution in [0.25, 0.3) is 0 Å². The van der Waals surface area contributed by atoms with E-state index in [1.807, 2.05) is 20.8 Å². The van der Waals surface area contributed by atoms with Crippen molar-refractivity contribution in [3.63, 3.8) is 0 Å². The van der Waals surface area contributed by atoms with Crippen molar-refractivity contribution in [1.82, 2.24) is 5.32 Å². The number of benzene rings is 1. The molecule has 1 aromatic rings. The summed E-state index contributed by atoms with van der Waals surface area (Å²) in [4.78, 5) is 22.9. The SMILES string of the molecule is CC(C)(C)NC(=O)Nc1ccc(C2(C(=O)O)CC2)cc1. The molecule has 5 heteroatoms. The molecule has 0 bridgehead atoms. The van der Waals surface area contributed by atoms with Crippen molar-refractivity contribution in [2.75, 3.05) is 5.32 Å². The fraction of sp³-hybridized carbons (Fsp3) is 0.467. The number of urea groups is 1. The van der Waals surface area contributed by atoms with Crippen molar-refractivity contribution in [3.05, 3.63) is 29.8 Å². The molecule has 2 rings (SSSR count). The molecule has 1 saturated carbocycles. The van der Waals surface area contributed by atoms with Gasteiger partial charge < -0.3 is 15.7 Å². The lowest BCUT2D eigenvalue weighted by Gasteiger charge is -2.21. The maximum atomic E-state index is 11.7. The molecule has 0 unspecified atom stereocenters. The highest BCUT2D eigenvalue weighted by Gasteiger charge is 2.51. The summed E-state index contributed by atoms with van der Waals surface area (Å²) in [7, 11) is 0. The van der Waals surface area contributed by atoms with Gasteiger partial charge in [-0.25, -0.2) is 4.79 Å². The van der Waals surface area contributed by atoms with Gasteiger partial charge in [0.05, 0.1) is 5.41 Å². The van der Waals surface area contributed by atoms with E-state index in [9.17, 15) is 14.7 Å². The summed E-state index contributed by atoms with van der Waals surface area (Å²) in [5, 5.41) is 14.7. The molecule has 3 N–H and O–H groups in total. The number of carbonyl (C=O) groups is 2. The maximum Gasteiger partial charge on any atom is 0.319 e. The van der Waals surface area contributed by atoms with E-state index in [0.29, 0.717) is 18.5 Å². The van der Waals surface area contributed by atoms with Crippen LogP contribution in [0, 0.1) is 0 Å². The molecule has 0 heterocycles. The second-order valence-electron chi connectivity index (χ2n) is 6.29. The normalized spacial score (nSPS) is 16.4. The molecule has 0 aliphatic heterocycles. The zero-order chi connectivity index (χ0) is 15.0. The summed E-state index contributed by atoms with van der Waals surface area (Å²) < 4.78 is 0. The lowest BCUT2D eigenvalue weighted by molar-refractivity contribution is -0.140. The Morgan fingerprint density at radius 1 is 1.15 bits per heavy atom. The molecular weight excluding hydrogens is 256 g/mol. The molecule has 0 aromatic heterocycles.